The van der Waals surface area contributed by atoms with Crippen molar-refractivity contribution in [2.45, 2.75) is 53.4 Å². The van der Waals surface area contributed by atoms with E-state index in [4.69, 9.17) is 77.2 Å². The predicted molar refractivity (Wildman–Crippen MR) is 366 cm³/mol. The molecule has 9 aromatic rings. The van der Waals surface area contributed by atoms with Gasteiger partial charge in [-0.1, -0.05) is 110 Å². The number of azide groups is 3. The number of carbonyl (C=O) groups excluding carboxylic acids is 5. The summed E-state index contributed by atoms with van der Waals surface area (Å²) in [5.74, 6) is -2.06. The molecular weight excluding hydrogens is 1320 g/mol. The van der Waals surface area contributed by atoms with Gasteiger partial charge in [-0.05, 0) is 225 Å². The Morgan fingerprint density at radius 2 is 0.868 bits per heavy atom. The first-order valence-corrected chi connectivity index (χ1v) is 32.7. The van der Waals surface area contributed by atoms with E-state index in [0.29, 0.717) is 41.8 Å². The summed E-state index contributed by atoms with van der Waals surface area (Å²) in [6.45, 7) is 7.80. The number of fused-ring (bicyclic) bond motifs is 1. The fourth-order valence-corrected chi connectivity index (χ4v) is 11.7. The van der Waals surface area contributed by atoms with E-state index < -0.39 is 17.9 Å². The highest BCUT2D eigenvalue weighted by Gasteiger charge is 2.16. The van der Waals surface area contributed by atoms with Gasteiger partial charge in [0.1, 0.15) is 28.5 Å². The standard InChI is InChI=1S/2C16H14ClN3O2S.C16H14ClNO2S.C12H9ClOS.C4H7N3O2/c2*1-2-22-16(21)15(19-20-18)8-13-10-23-9-12(13)7-11-3-5-14(17)6-4-11;1-2-20-16(19)14-8-13-11(9-21-15(13)18-14)7-10-3-5-12(17)6-4-10;13-12-3-1-9(2-4-12)5-10-7-15-8-11(10)6-14;1-2-9-4(8)3-6-7-5/h2*3-6,8-10H,2,7H2,1H3;3-6,8-9,18H,2,7H2,1H3;1-4,6-8H,5H2;2-3H2,1H3/b2*15-8-;;;. The number of carbonyl (C=O) groups is 5. The van der Waals surface area contributed by atoms with Crippen LogP contribution in [-0.2, 0) is 59.0 Å². The van der Waals surface area contributed by atoms with Gasteiger partial charge in [0.15, 0.2) is 6.29 Å². The Bertz CT molecular complexity index is 3920. The van der Waals surface area contributed by atoms with Crippen molar-refractivity contribution in [3.8, 4) is 0 Å². The smallest absolute Gasteiger partial charge is 0.354 e. The van der Waals surface area contributed by atoms with Crippen molar-refractivity contribution in [1.82, 2.24) is 4.98 Å². The molecule has 0 saturated heterocycles. The summed E-state index contributed by atoms with van der Waals surface area (Å²) in [6.07, 6.45) is 7.00. The number of thiophene rings is 4. The molecule has 27 heteroatoms. The number of nitrogens with zero attached hydrogens (tertiary/aromatic N) is 9. The number of benzene rings is 4. The Hall–Kier alpha value is -8.66. The molecule has 5 heterocycles. The van der Waals surface area contributed by atoms with E-state index in [1.165, 1.54) is 39.4 Å². The molecule has 0 spiro atoms. The Morgan fingerprint density at radius 1 is 0.495 bits per heavy atom. The molecule has 0 fully saturated rings. The molecule has 91 heavy (non-hydrogen) atoms. The quantitative estimate of drug-likeness (QED) is 0.0128. The minimum absolute atomic E-state index is 0.0508. The highest BCUT2D eigenvalue weighted by Crippen LogP contribution is 2.30. The number of aromatic amines is 1. The second-order valence-corrected chi connectivity index (χ2v) is 23.2. The molecule has 0 unspecified atom stereocenters. The monoisotopic (exact) mass is 1380 g/mol. The van der Waals surface area contributed by atoms with Crippen molar-refractivity contribution in [3.63, 3.8) is 0 Å². The number of hydrogen-bond acceptors (Lipinski definition) is 16. The van der Waals surface area contributed by atoms with Gasteiger partial charge in [0.05, 0.1) is 26.4 Å². The number of halogens is 4. The van der Waals surface area contributed by atoms with Crippen LogP contribution < -0.4 is 0 Å². The summed E-state index contributed by atoms with van der Waals surface area (Å²) in [7, 11) is 0. The van der Waals surface area contributed by atoms with E-state index in [2.05, 4.69) is 45.2 Å². The molecule has 4 aromatic carbocycles. The number of ether oxygens (including phenoxy) is 4. The Kier molecular flexibility index (Phi) is 32.2. The lowest BCUT2D eigenvalue weighted by atomic mass is 10.0. The molecule has 0 atom stereocenters. The van der Waals surface area contributed by atoms with Gasteiger partial charge in [-0.25, -0.2) is 14.4 Å². The van der Waals surface area contributed by atoms with Gasteiger partial charge in [-0.3, -0.25) is 9.59 Å². The maximum Gasteiger partial charge on any atom is 0.354 e. The maximum atomic E-state index is 11.8. The summed E-state index contributed by atoms with van der Waals surface area (Å²) in [6, 6.07) is 32.5. The van der Waals surface area contributed by atoms with E-state index in [1.54, 1.807) is 62.5 Å². The van der Waals surface area contributed by atoms with Crippen LogP contribution in [-0.4, -0.2) is 68.1 Å². The van der Waals surface area contributed by atoms with E-state index >= 15 is 0 Å². The average molecular weight is 1380 g/mol. The van der Waals surface area contributed by atoms with Crippen LogP contribution in [0.25, 0.3) is 53.7 Å². The molecule has 0 radical (unpaired) electrons. The van der Waals surface area contributed by atoms with Crippen LogP contribution in [0.1, 0.15) is 104 Å². The Balaban J connectivity index is 0.000000213. The van der Waals surface area contributed by atoms with Gasteiger partial charge in [0, 0.05) is 51.2 Å². The summed E-state index contributed by atoms with van der Waals surface area (Å²) in [4.78, 5) is 68.3. The lowest BCUT2D eigenvalue weighted by Gasteiger charge is -2.04. The van der Waals surface area contributed by atoms with Crippen molar-refractivity contribution in [2.24, 2.45) is 15.3 Å². The van der Waals surface area contributed by atoms with Crippen LogP contribution in [0.2, 0.25) is 20.1 Å². The lowest BCUT2D eigenvalue weighted by molar-refractivity contribution is -0.141. The Morgan fingerprint density at radius 3 is 1.23 bits per heavy atom. The van der Waals surface area contributed by atoms with E-state index in [9.17, 15) is 24.0 Å². The molecule has 0 aliphatic rings. The van der Waals surface area contributed by atoms with Gasteiger partial charge in [-0.2, -0.15) is 34.0 Å². The largest absolute Gasteiger partial charge is 0.466 e. The lowest BCUT2D eigenvalue weighted by Crippen LogP contribution is -2.06. The van der Waals surface area contributed by atoms with Gasteiger partial charge < -0.3 is 23.9 Å². The minimum atomic E-state index is -0.631. The van der Waals surface area contributed by atoms with Crippen molar-refractivity contribution < 1.29 is 42.9 Å². The van der Waals surface area contributed by atoms with Crippen LogP contribution >= 0.6 is 91.8 Å². The molecule has 0 aliphatic carbocycles. The Labute approximate surface area is 560 Å². The summed E-state index contributed by atoms with van der Waals surface area (Å²) < 4.78 is 19.2. The SMILES string of the molecule is CCOC(=O)/C(=C/c1cscc1Cc1ccc(Cl)cc1)N=[N+]=[N-].CCOC(=O)/C(=C/c1cscc1Cc1ccc(Cl)cc1)N=[N+]=[N-].CCOC(=O)CN=[N+]=[N-].CCOC(=O)c1cc2c(Cc3ccc(Cl)cc3)csc2[nH]1.O=Cc1cscc1Cc1ccc(Cl)cc1. The number of rotatable bonds is 22. The second kappa shape index (κ2) is 40.2. The van der Waals surface area contributed by atoms with Crippen LogP contribution in [0.4, 0.5) is 0 Å². The summed E-state index contributed by atoms with van der Waals surface area (Å²) >= 11 is 29.7. The molecule has 0 aliphatic heterocycles. The number of aldehydes is 1. The van der Waals surface area contributed by atoms with Crippen molar-refractivity contribution in [3.05, 3.63) is 270 Å². The molecule has 9 rings (SSSR count). The van der Waals surface area contributed by atoms with E-state index in [1.807, 2.05) is 135 Å². The molecule has 1 N–H and O–H groups in total. The van der Waals surface area contributed by atoms with Crippen LogP contribution in [0, 0.1) is 0 Å². The van der Waals surface area contributed by atoms with Gasteiger partial charge in [-0.15, -0.1) is 11.3 Å². The van der Waals surface area contributed by atoms with Crippen LogP contribution in [0.5, 0.6) is 0 Å². The number of H-pyrrole nitrogens is 1. The molecule has 470 valence electrons. The number of nitrogens with one attached hydrogen (secondary N) is 1. The third-order valence-electron chi connectivity index (χ3n) is 12.1. The first-order chi connectivity index (χ1) is 44.0. The fraction of sp³-hybridized carbons (Fsp3) is 0.203. The van der Waals surface area contributed by atoms with Gasteiger partial charge >= 0.3 is 23.9 Å². The molecule has 0 bridgehead atoms. The predicted octanol–water partition coefficient (Wildman–Crippen LogP) is 19.7. The zero-order valence-corrected chi connectivity index (χ0v) is 55.6. The van der Waals surface area contributed by atoms with Gasteiger partial charge in [0.2, 0.25) is 0 Å². The second-order valence-electron chi connectivity index (χ2n) is 18.4. The van der Waals surface area contributed by atoms with E-state index in [-0.39, 0.29) is 37.1 Å². The highest BCUT2D eigenvalue weighted by atomic mass is 35.5. The van der Waals surface area contributed by atoms with Crippen molar-refractivity contribution in [1.29, 1.82) is 0 Å². The normalized spacial score (nSPS) is 10.5. The van der Waals surface area contributed by atoms with Crippen molar-refractivity contribution >= 4 is 144 Å². The molecule has 5 aromatic heterocycles. The van der Waals surface area contributed by atoms with Crippen molar-refractivity contribution in [2.75, 3.05) is 33.0 Å². The number of hydrogen-bond donors (Lipinski definition) is 1. The molecule has 0 saturated carbocycles. The highest BCUT2D eigenvalue weighted by molar-refractivity contribution is 7.17. The zero-order chi connectivity index (χ0) is 65.9. The topological polar surface area (TPSA) is 284 Å². The molecule has 19 nitrogen and oxygen atoms in total. The zero-order valence-electron chi connectivity index (χ0n) is 49.3. The first kappa shape index (κ1) is 73.1. The molecular formula is C64H58Cl4N10O9S4. The van der Waals surface area contributed by atoms with Crippen LogP contribution in [0.15, 0.2) is 168 Å². The first-order valence-electron chi connectivity index (χ1n) is 27.4. The van der Waals surface area contributed by atoms with Crippen LogP contribution in [0.3, 0.4) is 0 Å². The fourth-order valence-electron chi connectivity index (χ4n) is 7.85. The molecule has 0 amide bonds. The maximum absolute atomic E-state index is 11.8. The summed E-state index contributed by atoms with van der Waals surface area (Å²) in [5, 5.41) is 27.6. The summed E-state index contributed by atoms with van der Waals surface area (Å²) in [5.41, 5.74) is 36.7. The number of aromatic nitrogens is 1. The van der Waals surface area contributed by atoms with E-state index in [0.717, 1.165) is 83.9 Å². The third kappa shape index (κ3) is 25.3. The number of esters is 4. The average Bonchev–Trinajstić information content (AvgIpc) is 1.74. The minimum Gasteiger partial charge on any atom is -0.466 e. The van der Waals surface area contributed by atoms with Gasteiger partial charge in [0.25, 0.3) is 0 Å². The third-order valence-corrected chi connectivity index (χ3v) is 16.5.